The Labute approximate surface area is 207 Å². The number of ether oxygens (including phenoxy) is 1. The number of H-pyrrole nitrogens is 1. The van der Waals surface area contributed by atoms with Crippen molar-refractivity contribution < 1.29 is 4.74 Å². The van der Waals surface area contributed by atoms with Crippen molar-refractivity contribution in [1.82, 2.24) is 19.5 Å². The molecule has 2 aromatic carbocycles. The quantitative estimate of drug-likeness (QED) is 0.283. The Morgan fingerprint density at radius 3 is 2.85 bits per heavy atom. The van der Waals surface area contributed by atoms with Crippen LogP contribution in [0, 0.1) is 0 Å². The van der Waals surface area contributed by atoms with Crippen LogP contribution in [-0.2, 0) is 13.0 Å². The minimum absolute atomic E-state index is 0.145. The predicted molar refractivity (Wildman–Crippen MR) is 136 cm³/mol. The van der Waals surface area contributed by atoms with Crippen LogP contribution in [0.5, 0.6) is 5.88 Å². The van der Waals surface area contributed by atoms with Crippen LogP contribution in [0.1, 0.15) is 35.6 Å². The van der Waals surface area contributed by atoms with Gasteiger partial charge in [0.25, 0.3) is 0 Å². The molecule has 0 aliphatic heterocycles. The molecule has 1 N–H and O–H groups in total. The Hall–Kier alpha value is -3.28. The van der Waals surface area contributed by atoms with Crippen LogP contribution in [0.3, 0.4) is 0 Å². The third-order valence-electron chi connectivity index (χ3n) is 6.44. The molecule has 0 spiro atoms. The zero-order chi connectivity index (χ0) is 23.1. The zero-order valence-electron chi connectivity index (χ0n) is 18.3. The third kappa shape index (κ3) is 3.95. The number of halogens is 2. The van der Waals surface area contributed by atoms with Gasteiger partial charge in [-0.05, 0) is 48.1 Å². The van der Waals surface area contributed by atoms with Crippen molar-refractivity contribution in [1.29, 1.82) is 0 Å². The smallest absolute Gasteiger partial charge is 0.214 e. The van der Waals surface area contributed by atoms with Gasteiger partial charge in [0.15, 0.2) is 0 Å². The summed E-state index contributed by atoms with van der Waals surface area (Å²) in [6.45, 7) is 0.472. The number of aromatic amines is 1. The first-order valence-electron chi connectivity index (χ1n) is 11.3. The summed E-state index contributed by atoms with van der Waals surface area (Å²) >= 11 is 12.9. The topological polar surface area (TPSA) is 55.7 Å². The second kappa shape index (κ2) is 8.82. The lowest BCUT2D eigenvalue weighted by atomic mass is 9.87. The SMILES string of the molecule is Clc1cc(Cl)c2c(c1)CCCC2n1cnc(-c2c[nH]c3cnc(OCc4ccccc4)cc23)c1. The predicted octanol–water partition coefficient (Wildman–Crippen LogP) is 7.24. The number of fused-ring (bicyclic) bond motifs is 2. The lowest BCUT2D eigenvalue weighted by Gasteiger charge is -2.27. The summed E-state index contributed by atoms with van der Waals surface area (Å²) in [5.41, 5.74) is 6.33. The Bertz CT molecular complexity index is 1480. The molecule has 5 nitrogen and oxygen atoms in total. The van der Waals surface area contributed by atoms with Gasteiger partial charge in [0.1, 0.15) is 6.61 Å². The molecule has 5 aromatic rings. The number of nitrogens with zero attached hydrogens (tertiary/aromatic N) is 3. The number of nitrogens with one attached hydrogen (secondary N) is 1. The highest BCUT2D eigenvalue weighted by atomic mass is 35.5. The van der Waals surface area contributed by atoms with Gasteiger partial charge in [-0.2, -0.15) is 0 Å². The molecule has 0 amide bonds. The molecule has 0 saturated heterocycles. The minimum Gasteiger partial charge on any atom is -0.473 e. The van der Waals surface area contributed by atoms with Crippen molar-refractivity contribution in [2.45, 2.75) is 31.9 Å². The molecule has 1 aliphatic carbocycles. The van der Waals surface area contributed by atoms with E-state index in [0.717, 1.165) is 57.6 Å². The van der Waals surface area contributed by atoms with E-state index in [-0.39, 0.29) is 6.04 Å². The summed E-state index contributed by atoms with van der Waals surface area (Å²) in [6, 6.07) is 16.1. The fourth-order valence-corrected chi connectivity index (χ4v) is 5.48. The number of rotatable bonds is 5. The number of imidazole rings is 1. The summed E-state index contributed by atoms with van der Waals surface area (Å²) in [7, 11) is 0. The van der Waals surface area contributed by atoms with Crippen molar-refractivity contribution in [3.8, 4) is 17.1 Å². The molecule has 0 bridgehead atoms. The lowest BCUT2D eigenvalue weighted by molar-refractivity contribution is 0.294. The van der Waals surface area contributed by atoms with Crippen LogP contribution in [0.25, 0.3) is 22.2 Å². The van der Waals surface area contributed by atoms with Crippen molar-refractivity contribution >= 4 is 34.1 Å². The van der Waals surface area contributed by atoms with Crippen LogP contribution in [0.15, 0.2) is 73.4 Å². The standard InChI is InChI=1S/C27H22Cl2N4O/c28-19-9-18-7-4-8-25(27(18)22(29)10-19)33-14-24(32-16-33)21-12-30-23-13-31-26(11-20(21)23)34-15-17-5-2-1-3-6-17/h1-3,5-6,9-14,16,25,30H,4,7-8,15H2. The van der Waals surface area contributed by atoms with E-state index in [4.69, 9.17) is 32.9 Å². The molecule has 3 heterocycles. The Morgan fingerprint density at radius 2 is 1.97 bits per heavy atom. The van der Waals surface area contributed by atoms with Crippen molar-refractivity contribution in [2.75, 3.05) is 0 Å². The molecule has 34 heavy (non-hydrogen) atoms. The van der Waals surface area contributed by atoms with Crippen molar-refractivity contribution in [2.24, 2.45) is 0 Å². The van der Waals surface area contributed by atoms with E-state index >= 15 is 0 Å². The second-order valence-electron chi connectivity index (χ2n) is 8.62. The van der Waals surface area contributed by atoms with Gasteiger partial charge in [0.2, 0.25) is 5.88 Å². The van der Waals surface area contributed by atoms with Gasteiger partial charge in [0, 0.05) is 39.5 Å². The fraction of sp³-hybridized carbons (Fsp3) is 0.185. The second-order valence-corrected chi connectivity index (χ2v) is 9.46. The maximum atomic E-state index is 6.62. The normalized spacial score (nSPS) is 15.4. The minimum atomic E-state index is 0.145. The van der Waals surface area contributed by atoms with Crippen molar-refractivity contribution in [3.63, 3.8) is 0 Å². The third-order valence-corrected chi connectivity index (χ3v) is 6.98. The Balaban J connectivity index is 1.31. The van der Waals surface area contributed by atoms with Gasteiger partial charge in [-0.25, -0.2) is 9.97 Å². The van der Waals surface area contributed by atoms with E-state index < -0.39 is 0 Å². The summed E-state index contributed by atoms with van der Waals surface area (Å²) < 4.78 is 8.11. The molecule has 3 aromatic heterocycles. The fourth-order valence-electron chi connectivity index (χ4n) is 4.82. The van der Waals surface area contributed by atoms with E-state index in [0.29, 0.717) is 17.5 Å². The number of aryl methyl sites for hydroxylation is 1. The summed E-state index contributed by atoms with van der Waals surface area (Å²) in [5.74, 6) is 0.585. The molecule has 6 rings (SSSR count). The molecular weight excluding hydrogens is 467 g/mol. The van der Waals surface area contributed by atoms with Crippen molar-refractivity contribution in [3.05, 3.63) is 100 Å². The van der Waals surface area contributed by atoms with Gasteiger partial charge in [-0.3, -0.25) is 0 Å². The van der Waals surface area contributed by atoms with Crippen LogP contribution in [0.2, 0.25) is 10.0 Å². The molecule has 7 heteroatoms. The average Bonchev–Trinajstić information content (AvgIpc) is 3.50. The Kier molecular flexibility index (Phi) is 5.52. The van der Waals surface area contributed by atoms with E-state index in [9.17, 15) is 0 Å². The van der Waals surface area contributed by atoms with Crippen LogP contribution < -0.4 is 4.74 Å². The monoisotopic (exact) mass is 488 g/mol. The summed E-state index contributed by atoms with van der Waals surface area (Å²) in [5, 5.41) is 2.44. The Morgan fingerprint density at radius 1 is 1.09 bits per heavy atom. The molecule has 0 fully saturated rings. The number of hydrogen-bond acceptors (Lipinski definition) is 3. The lowest BCUT2D eigenvalue weighted by Crippen LogP contribution is -2.16. The van der Waals surface area contributed by atoms with Gasteiger partial charge < -0.3 is 14.3 Å². The first-order valence-corrected chi connectivity index (χ1v) is 12.1. The van der Waals surface area contributed by atoms with Crippen LogP contribution >= 0.6 is 23.2 Å². The van der Waals surface area contributed by atoms with E-state index in [1.165, 1.54) is 5.56 Å². The average molecular weight is 489 g/mol. The molecule has 1 unspecified atom stereocenters. The highest BCUT2D eigenvalue weighted by Gasteiger charge is 2.25. The largest absolute Gasteiger partial charge is 0.473 e. The number of hydrogen-bond donors (Lipinski definition) is 1. The van der Waals surface area contributed by atoms with Crippen LogP contribution in [0.4, 0.5) is 0 Å². The molecule has 1 atom stereocenters. The number of benzene rings is 2. The molecular formula is C27H22Cl2N4O. The maximum absolute atomic E-state index is 6.62. The molecule has 0 radical (unpaired) electrons. The first kappa shape index (κ1) is 21.3. The highest BCUT2D eigenvalue weighted by molar-refractivity contribution is 6.35. The van der Waals surface area contributed by atoms with Crippen LogP contribution in [-0.4, -0.2) is 19.5 Å². The molecule has 170 valence electrons. The summed E-state index contributed by atoms with van der Waals surface area (Å²) in [4.78, 5) is 12.5. The molecule has 1 aliphatic rings. The van der Waals surface area contributed by atoms with E-state index in [1.807, 2.05) is 61.1 Å². The summed E-state index contributed by atoms with van der Waals surface area (Å²) in [6.07, 6.45) is 10.9. The number of aromatic nitrogens is 4. The van der Waals surface area contributed by atoms with E-state index in [1.54, 1.807) is 6.20 Å². The first-order chi connectivity index (χ1) is 16.7. The van der Waals surface area contributed by atoms with E-state index in [2.05, 4.69) is 20.7 Å². The highest BCUT2D eigenvalue weighted by Crippen LogP contribution is 2.40. The van der Waals surface area contributed by atoms with Gasteiger partial charge in [-0.1, -0.05) is 53.5 Å². The van der Waals surface area contributed by atoms with Gasteiger partial charge in [-0.15, -0.1) is 0 Å². The number of pyridine rings is 1. The molecule has 0 saturated carbocycles. The zero-order valence-corrected chi connectivity index (χ0v) is 19.9. The maximum Gasteiger partial charge on any atom is 0.214 e. The van der Waals surface area contributed by atoms with Gasteiger partial charge >= 0.3 is 0 Å². The van der Waals surface area contributed by atoms with Gasteiger partial charge in [0.05, 0.1) is 29.8 Å².